The minimum Gasteiger partial charge on any atom is -0.494 e. The maximum Gasteiger partial charge on any atom is 0.277 e. The average Bonchev–Trinajstić information content (AvgIpc) is 2.80. The highest BCUT2D eigenvalue weighted by Gasteiger charge is 2.16. The van der Waals surface area contributed by atoms with Crippen molar-refractivity contribution in [2.24, 2.45) is 0 Å². The SMILES string of the molecule is Nc1ccc(OCCCCCN(OCc2ccccc2)C(=O)c2ccccc2)cc1. The van der Waals surface area contributed by atoms with Crippen LogP contribution in [0, 0.1) is 0 Å². The fraction of sp³-hybridized carbons (Fsp3) is 0.240. The molecule has 3 aromatic carbocycles. The van der Waals surface area contributed by atoms with Crippen LogP contribution in [0.2, 0.25) is 0 Å². The van der Waals surface area contributed by atoms with Gasteiger partial charge in [0, 0.05) is 17.8 Å². The van der Waals surface area contributed by atoms with Gasteiger partial charge in [-0.05, 0) is 61.2 Å². The molecule has 0 bridgehead atoms. The van der Waals surface area contributed by atoms with Gasteiger partial charge in [0.25, 0.3) is 5.91 Å². The second kappa shape index (κ2) is 11.6. The number of ether oxygens (including phenoxy) is 1. The number of nitrogen functional groups attached to an aromatic ring is 1. The molecular formula is C25H28N2O3. The lowest BCUT2D eigenvalue weighted by Crippen LogP contribution is -2.32. The van der Waals surface area contributed by atoms with E-state index in [1.54, 1.807) is 0 Å². The molecule has 0 aromatic heterocycles. The van der Waals surface area contributed by atoms with E-state index in [0.717, 1.165) is 36.3 Å². The van der Waals surface area contributed by atoms with Crippen LogP contribution >= 0.6 is 0 Å². The zero-order chi connectivity index (χ0) is 21.0. The van der Waals surface area contributed by atoms with Gasteiger partial charge in [-0.2, -0.15) is 0 Å². The highest BCUT2D eigenvalue weighted by atomic mass is 16.7. The molecule has 3 rings (SSSR count). The van der Waals surface area contributed by atoms with E-state index in [0.29, 0.717) is 25.3 Å². The molecule has 1 amide bonds. The summed E-state index contributed by atoms with van der Waals surface area (Å²) in [5, 5.41) is 1.48. The summed E-state index contributed by atoms with van der Waals surface area (Å²) in [5.74, 6) is 0.695. The summed E-state index contributed by atoms with van der Waals surface area (Å²) < 4.78 is 5.72. The molecule has 0 fully saturated rings. The van der Waals surface area contributed by atoms with Crippen molar-refractivity contribution in [1.82, 2.24) is 5.06 Å². The topological polar surface area (TPSA) is 64.8 Å². The molecule has 0 aliphatic carbocycles. The van der Waals surface area contributed by atoms with E-state index in [1.807, 2.05) is 84.9 Å². The number of hydrogen-bond donors (Lipinski definition) is 1. The molecule has 156 valence electrons. The molecule has 5 nitrogen and oxygen atoms in total. The van der Waals surface area contributed by atoms with Crippen LogP contribution in [0.3, 0.4) is 0 Å². The summed E-state index contributed by atoms with van der Waals surface area (Å²) in [6.07, 6.45) is 2.66. The van der Waals surface area contributed by atoms with E-state index in [4.69, 9.17) is 15.3 Å². The maximum atomic E-state index is 12.9. The largest absolute Gasteiger partial charge is 0.494 e. The third kappa shape index (κ3) is 6.94. The van der Waals surface area contributed by atoms with Crippen LogP contribution in [0.1, 0.15) is 35.2 Å². The van der Waals surface area contributed by atoms with E-state index < -0.39 is 0 Å². The molecule has 5 heteroatoms. The molecule has 0 spiro atoms. The van der Waals surface area contributed by atoms with Crippen LogP contribution in [0.5, 0.6) is 5.75 Å². The first-order valence-corrected chi connectivity index (χ1v) is 10.2. The molecule has 0 aliphatic heterocycles. The molecule has 0 saturated heterocycles. The number of hydroxylamine groups is 2. The van der Waals surface area contributed by atoms with Crippen molar-refractivity contribution in [3.63, 3.8) is 0 Å². The quantitative estimate of drug-likeness (QED) is 0.275. The van der Waals surface area contributed by atoms with Gasteiger partial charge < -0.3 is 10.5 Å². The van der Waals surface area contributed by atoms with Gasteiger partial charge in [-0.15, -0.1) is 0 Å². The van der Waals surface area contributed by atoms with Crippen LogP contribution < -0.4 is 10.5 Å². The Morgan fingerprint density at radius 2 is 1.47 bits per heavy atom. The summed E-state index contributed by atoms with van der Waals surface area (Å²) in [4.78, 5) is 18.7. The summed E-state index contributed by atoms with van der Waals surface area (Å²) in [6, 6.07) is 26.5. The van der Waals surface area contributed by atoms with Crippen LogP contribution in [0.15, 0.2) is 84.9 Å². The standard InChI is InChI=1S/C25H28N2O3/c26-23-14-16-24(17-15-23)29-19-9-3-8-18-27(25(28)22-12-6-2-7-13-22)30-20-21-10-4-1-5-11-21/h1-2,4-7,10-17H,3,8-9,18-20,26H2. The number of rotatable bonds is 11. The second-order valence-corrected chi connectivity index (χ2v) is 7.01. The summed E-state index contributed by atoms with van der Waals surface area (Å²) >= 11 is 0. The number of nitrogens with zero attached hydrogens (tertiary/aromatic N) is 1. The first-order chi connectivity index (χ1) is 14.7. The zero-order valence-corrected chi connectivity index (χ0v) is 17.1. The smallest absolute Gasteiger partial charge is 0.277 e. The van der Waals surface area contributed by atoms with Crippen LogP contribution in [-0.4, -0.2) is 24.1 Å². The Bertz CT molecular complexity index is 883. The molecule has 0 radical (unpaired) electrons. The predicted octanol–water partition coefficient (Wildman–Crippen LogP) is 5.09. The van der Waals surface area contributed by atoms with E-state index in [1.165, 1.54) is 5.06 Å². The number of nitrogens with two attached hydrogens (primary N) is 1. The lowest BCUT2D eigenvalue weighted by atomic mass is 10.2. The van der Waals surface area contributed by atoms with E-state index in [2.05, 4.69) is 0 Å². The highest BCUT2D eigenvalue weighted by molar-refractivity contribution is 5.93. The van der Waals surface area contributed by atoms with Crippen molar-refractivity contribution in [2.45, 2.75) is 25.9 Å². The summed E-state index contributed by atoms with van der Waals surface area (Å²) in [6.45, 7) is 1.52. The van der Waals surface area contributed by atoms with Gasteiger partial charge >= 0.3 is 0 Å². The first-order valence-electron chi connectivity index (χ1n) is 10.2. The van der Waals surface area contributed by atoms with Crippen molar-refractivity contribution in [3.8, 4) is 5.75 Å². The molecule has 0 atom stereocenters. The molecule has 2 N–H and O–H groups in total. The Morgan fingerprint density at radius 1 is 0.800 bits per heavy atom. The number of carbonyl (C=O) groups excluding carboxylic acids is 1. The van der Waals surface area contributed by atoms with Gasteiger partial charge in [-0.25, -0.2) is 5.06 Å². The van der Waals surface area contributed by atoms with Crippen molar-refractivity contribution in [3.05, 3.63) is 96.1 Å². The molecule has 30 heavy (non-hydrogen) atoms. The summed E-state index contributed by atoms with van der Waals surface area (Å²) in [7, 11) is 0. The van der Waals surface area contributed by atoms with Crippen molar-refractivity contribution in [1.29, 1.82) is 0 Å². The van der Waals surface area contributed by atoms with Crippen molar-refractivity contribution in [2.75, 3.05) is 18.9 Å². The maximum absolute atomic E-state index is 12.9. The number of benzene rings is 3. The van der Waals surface area contributed by atoms with E-state index >= 15 is 0 Å². The normalized spacial score (nSPS) is 10.5. The molecular weight excluding hydrogens is 376 g/mol. The second-order valence-electron chi connectivity index (χ2n) is 7.01. The Labute approximate surface area is 178 Å². The van der Waals surface area contributed by atoms with Gasteiger partial charge in [0.2, 0.25) is 0 Å². The molecule has 3 aromatic rings. The van der Waals surface area contributed by atoms with Gasteiger partial charge in [0.1, 0.15) is 12.4 Å². The average molecular weight is 405 g/mol. The zero-order valence-electron chi connectivity index (χ0n) is 17.1. The molecule has 0 unspecified atom stereocenters. The van der Waals surface area contributed by atoms with Gasteiger partial charge in [0.15, 0.2) is 0 Å². The van der Waals surface area contributed by atoms with Crippen LogP contribution in [-0.2, 0) is 11.4 Å². The third-order valence-electron chi connectivity index (χ3n) is 4.63. The number of amides is 1. The minimum absolute atomic E-state index is 0.121. The molecule has 0 saturated carbocycles. The third-order valence-corrected chi connectivity index (χ3v) is 4.63. The van der Waals surface area contributed by atoms with Crippen molar-refractivity contribution < 1.29 is 14.4 Å². The van der Waals surface area contributed by atoms with Gasteiger partial charge in [-0.1, -0.05) is 48.5 Å². The fourth-order valence-electron chi connectivity index (χ4n) is 2.96. The fourth-order valence-corrected chi connectivity index (χ4v) is 2.96. The summed E-state index contributed by atoms with van der Waals surface area (Å²) in [5.41, 5.74) is 8.05. The minimum atomic E-state index is -0.121. The predicted molar refractivity (Wildman–Crippen MR) is 119 cm³/mol. The molecule has 0 aliphatic rings. The Kier molecular flexibility index (Phi) is 8.30. The highest BCUT2D eigenvalue weighted by Crippen LogP contribution is 2.14. The first kappa shape index (κ1) is 21.4. The van der Waals surface area contributed by atoms with Crippen molar-refractivity contribution >= 4 is 11.6 Å². The van der Waals surface area contributed by atoms with Crippen LogP contribution in [0.4, 0.5) is 5.69 Å². The lowest BCUT2D eigenvalue weighted by Gasteiger charge is -2.22. The lowest BCUT2D eigenvalue weighted by molar-refractivity contribution is -0.134. The van der Waals surface area contributed by atoms with E-state index in [-0.39, 0.29) is 5.91 Å². The van der Waals surface area contributed by atoms with Gasteiger partial charge in [0.05, 0.1) is 6.61 Å². The van der Waals surface area contributed by atoms with Crippen LogP contribution in [0.25, 0.3) is 0 Å². The Hall–Kier alpha value is -3.31. The van der Waals surface area contributed by atoms with Gasteiger partial charge in [-0.3, -0.25) is 9.63 Å². The molecule has 0 heterocycles. The number of carbonyl (C=O) groups is 1. The monoisotopic (exact) mass is 404 g/mol. The number of unbranched alkanes of at least 4 members (excludes halogenated alkanes) is 2. The number of hydrogen-bond acceptors (Lipinski definition) is 4. The Morgan fingerprint density at radius 3 is 2.17 bits per heavy atom. The van der Waals surface area contributed by atoms with E-state index in [9.17, 15) is 4.79 Å². The Balaban J connectivity index is 1.46. The number of anilines is 1.